The van der Waals surface area contributed by atoms with Crippen LogP contribution in [0.2, 0.25) is 0 Å². The number of rotatable bonds is 2. The predicted molar refractivity (Wildman–Crippen MR) is 55.2 cm³/mol. The Labute approximate surface area is 90.5 Å². The zero-order chi connectivity index (χ0) is 10.8. The van der Waals surface area contributed by atoms with Crippen LogP contribution in [0.5, 0.6) is 0 Å². The van der Waals surface area contributed by atoms with Gasteiger partial charge in [-0.3, -0.25) is 0 Å². The van der Waals surface area contributed by atoms with Crippen molar-refractivity contribution in [2.75, 3.05) is 0 Å². The van der Waals surface area contributed by atoms with Gasteiger partial charge in [0, 0.05) is 5.33 Å². The fraction of sp³-hybridized carbons (Fsp3) is 0.125. The lowest BCUT2D eigenvalue weighted by molar-refractivity contribution is 0.597. The first-order valence-corrected chi connectivity index (χ1v) is 6.27. The molecule has 0 radical (unpaired) electrons. The minimum absolute atomic E-state index is 0.0194. The molecule has 4 nitrogen and oxygen atoms in total. The second-order valence-corrected chi connectivity index (χ2v) is 4.73. The Hall–Kier alpha value is -0.900. The van der Waals surface area contributed by atoms with Gasteiger partial charge < -0.3 is 0 Å². The summed E-state index contributed by atoms with van der Waals surface area (Å²) in [5, 5.41) is 14.1. The zero-order valence-corrected chi connectivity index (χ0v) is 9.47. The fourth-order valence-corrected chi connectivity index (χ4v) is 1.99. The summed E-state index contributed by atoms with van der Waals surface area (Å²) in [7, 11) is -3.69. The number of halogens is 1. The van der Waals surface area contributed by atoms with Gasteiger partial charge in [-0.25, -0.2) is 13.6 Å². The smallest absolute Gasteiger partial charge is 0.225 e. The largest absolute Gasteiger partial charge is 0.238 e. The molecule has 0 fully saturated rings. The Bertz CT molecular complexity index is 491. The average molecular weight is 275 g/mol. The first kappa shape index (κ1) is 11.2. The predicted octanol–water partition coefficient (Wildman–Crippen LogP) is 1.10. The number of nitriles is 1. The molecule has 0 atom stereocenters. The van der Waals surface area contributed by atoms with Crippen molar-refractivity contribution in [2.45, 2.75) is 10.2 Å². The quantitative estimate of drug-likeness (QED) is 0.820. The number of nitrogens with two attached hydrogens (primary N) is 1. The number of sulfonamides is 1. The number of primary sulfonamides is 1. The summed E-state index contributed by atoms with van der Waals surface area (Å²) in [6.07, 6.45) is 0. The summed E-state index contributed by atoms with van der Waals surface area (Å²) in [6.45, 7) is 0. The van der Waals surface area contributed by atoms with Gasteiger partial charge in [0.25, 0.3) is 0 Å². The molecule has 0 aliphatic heterocycles. The molecule has 1 aromatic rings. The normalized spacial score (nSPS) is 10.9. The molecular formula is C8H7BrN2O2S. The second kappa shape index (κ2) is 4.09. The molecule has 1 rings (SSSR count). The summed E-state index contributed by atoms with van der Waals surface area (Å²) >= 11 is 3.16. The van der Waals surface area contributed by atoms with E-state index in [9.17, 15) is 8.42 Å². The van der Waals surface area contributed by atoms with E-state index in [4.69, 9.17) is 10.4 Å². The molecule has 0 saturated carbocycles. The highest BCUT2D eigenvalue weighted by Gasteiger charge is 2.10. The molecule has 2 N–H and O–H groups in total. The molecule has 0 bridgehead atoms. The molecule has 0 aliphatic carbocycles. The summed E-state index contributed by atoms with van der Waals surface area (Å²) in [5.74, 6) is 0. The molecule has 0 spiro atoms. The number of nitrogens with zero attached hydrogens (tertiary/aromatic N) is 1. The number of hydrogen-bond donors (Lipinski definition) is 1. The van der Waals surface area contributed by atoms with Gasteiger partial charge in [0.1, 0.15) is 0 Å². The van der Waals surface area contributed by atoms with Crippen LogP contribution in [0.3, 0.4) is 0 Å². The standard InChI is InChI=1S/C8H7BrN2O2S/c9-4-7-3-8(14(11,12)13)2-1-6(7)5-10/h1-3H,4H2,(H2,11,12,13). The van der Waals surface area contributed by atoms with Crippen LogP contribution < -0.4 is 5.14 Å². The van der Waals surface area contributed by atoms with Gasteiger partial charge in [-0.05, 0) is 23.8 Å². The summed E-state index contributed by atoms with van der Waals surface area (Å²) in [5.41, 5.74) is 1.05. The van der Waals surface area contributed by atoms with Gasteiger partial charge in [0.05, 0.1) is 16.5 Å². The third-order valence-electron chi connectivity index (χ3n) is 1.67. The second-order valence-electron chi connectivity index (χ2n) is 2.61. The maximum Gasteiger partial charge on any atom is 0.238 e. The van der Waals surface area contributed by atoms with Gasteiger partial charge in [-0.1, -0.05) is 15.9 Å². The Morgan fingerprint density at radius 1 is 1.50 bits per heavy atom. The Balaban J connectivity index is 3.37. The van der Waals surface area contributed by atoms with E-state index in [1.165, 1.54) is 18.2 Å². The fourth-order valence-electron chi connectivity index (χ4n) is 0.967. The van der Waals surface area contributed by atoms with Gasteiger partial charge in [0.2, 0.25) is 10.0 Å². The van der Waals surface area contributed by atoms with Crippen molar-refractivity contribution in [3.05, 3.63) is 29.3 Å². The zero-order valence-electron chi connectivity index (χ0n) is 7.07. The SMILES string of the molecule is N#Cc1ccc(S(N)(=O)=O)cc1CBr. The molecule has 0 amide bonds. The Morgan fingerprint density at radius 3 is 2.57 bits per heavy atom. The van der Waals surface area contributed by atoms with E-state index in [1.807, 2.05) is 6.07 Å². The Morgan fingerprint density at radius 2 is 2.14 bits per heavy atom. The maximum atomic E-state index is 11.0. The maximum absolute atomic E-state index is 11.0. The van der Waals surface area contributed by atoms with Gasteiger partial charge >= 0.3 is 0 Å². The molecular weight excluding hydrogens is 268 g/mol. The highest BCUT2D eigenvalue weighted by molar-refractivity contribution is 9.08. The lowest BCUT2D eigenvalue weighted by Gasteiger charge is -2.02. The molecule has 0 aromatic heterocycles. The summed E-state index contributed by atoms with van der Waals surface area (Å²) in [6, 6.07) is 6.11. The van der Waals surface area contributed by atoms with Crippen molar-refractivity contribution in [1.29, 1.82) is 5.26 Å². The van der Waals surface area contributed by atoms with Crippen LogP contribution in [0, 0.1) is 11.3 Å². The molecule has 6 heteroatoms. The Kier molecular flexibility index (Phi) is 3.26. The van der Waals surface area contributed by atoms with Crippen molar-refractivity contribution in [2.24, 2.45) is 5.14 Å². The van der Waals surface area contributed by atoms with E-state index in [1.54, 1.807) is 0 Å². The lowest BCUT2D eigenvalue weighted by atomic mass is 10.1. The monoisotopic (exact) mass is 274 g/mol. The number of hydrogen-bond acceptors (Lipinski definition) is 3. The van der Waals surface area contributed by atoms with Crippen molar-refractivity contribution in [1.82, 2.24) is 0 Å². The van der Waals surface area contributed by atoms with Crippen LogP contribution in [-0.2, 0) is 15.4 Å². The van der Waals surface area contributed by atoms with E-state index in [0.717, 1.165) is 0 Å². The lowest BCUT2D eigenvalue weighted by Crippen LogP contribution is -2.12. The van der Waals surface area contributed by atoms with Gasteiger partial charge in [-0.2, -0.15) is 5.26 Å². The van der Waals surface area contributed by atoms with Gasteiger partial charge in [0.15, 0.2) is 0 Å². The van der Waals surface area contributed by atoms with Crippen LogP contribution in [0.25, 0.3) is 0 Å². The number of benzene rings is 1. The minimum atomic E-state index is -3.69. The van der Waals surface area contributed by atoms with Crippen LogP contribution in [0.4, 0.5) is 0 Å². The molecule has 0 unspecified atom stereocenters. The topological polar surface area (TPSA) is 83.9 Å². The van der Waals surface area contributed by atoms with Crippen LogP contribution in [-0.4, -0.2) is 8.42 Å². The number of alkyl halides is 1. The first-order chi connectivity index (χ1) is 6.49. The average Bonchev–Trinajstić information content (AvgIpc) is 2.15. The van der Waals surface area contributed by atoms with Crippen molar-refractivity contribution < 1.29 is 8.42 Å². The van der Waals surface area contributed by atoms with E-state index in [-0.39, 0.29) is 4.90 Å². The molecule has 1 aromatic carbocycles. The van der Waals surface area contributed by atoms with Crippen LogP contribution in [0.15, 0.2) is 23.1 Å². The molecule has 14 heavy (non-hydrogen) atoms. The molecule has 0 heterocycles. The summed E-state index contributed by atoms with van der Waals surface area (Å²) in [4.78, 5) is 0.0194. The van der Waals surface area contributed by atoms with Gasteiger partial charge in [-0.15, -0.1) is 0 Å². The van der Waals surface area contributed by atoms with E-state index < -0.39 is 10.0 Å². The minimum Gasteiger partial charge on any atom is -0.225 e. The van der Waals surface area contributed by atoms with E-state index in [2.05, 4.69) is 15.9 Å². The highest BCUT2D eigenvalue weighted by Crippen LogP contribution is 2.16. The van der Waals surface area contributed by atoms with Crippen molar-refractivity contribution >= 4 is 26.0 Å². The molecule has 0 saturated heterocycles. The van der Waals surface area contributed by atoms with Crippen LogP contribution in [0.1, 0.15) is 11.1 Å². The summed E-state index contributed by atoms with van der Waals surface area (Å²) < 4.78 is 22.0. The highest BCUT2D eigenvalue weighted by atomic mass is 79.9. The van der Waals surface area contributed by atoms with Crippen molar-refractivity contribution in [3.8, 4) is 6.07 Å². The third kappa shape index (κ3) is 2.32. The van der Waals surface area contributed by atoms with Crippen LogP contribution >= 0.6 is 15.9 Å². The molecule has 0 aliphatic rings. The molecule has 74 valence electrons. The van der Waals surface area contributed by atoms with E-state index in [0.29, 0.717) is 16.5 Å². The first-order valence-electron chi connectivity index (χ1n) is 3.61. The van der Waals surface area contributed by atoms with E-state index >= 15 is 0 Å². The van der Waals surface area contributed by atoms with Crippen molar-refractivity contribution in [3.63, 3.8) is 0 Å². The third-order valence-corrected chi connectivity index (χ3v) is 3.18.